The Morgan fingerprint density at radius 2 is 2.11 bits per heavy atom. The maximum absolute atomic E-state index is 5.56. The summed E-state index contributed by atoms with van der Waals surface area (Å²) in [6.07, 6.45) is 0.991. The van der Waals surface area contributed by atoms with Gasteiger partial charge in [-0.25, -0.2) is 4.98 Å². The molecule has 0 amide bonds. The third-order valence-electron chi connectivity index (χ3n) is 3.07. The van der Waals surface area contributed by atoms with Crippen LogP contribution < -0.4 is 14.8 Å². The number of aryl methyl sites for hydroxylation is 1. The number of thiazole rings is 1. The largest absolute Gasteiger partial charge is 0.486 e. The fraction of sp³-hybridized carbons (Fsp3) is 0.357. The molecule has 0 saturated heterocycles. The maximum atomic E-state index is 5.56. The molecule has 0 radical (unpaired) electrons. The summed E-state index contributed by atoms with van der Waals surface area (Å²) < 4.78 is 11.1. The zero-order valence-electron chi connectivity index (χ0n) is 10.8. The van der Waals surface area contributed by atoms with E-state index in [1.54, 1.807) is 11.3 Å². The Hall–Kier alpha value is -1.75. The van der Waals surface area contributed by atoms with Crippen LogP contribution in [0.5, 0.6) is 11.5 Å². The molecule has 1 aromatic heterocycles. The number of hydrogen-bond donors (Lipinski definition) is 1. The van der Waals surface area contributed by atoms with Crippen LogP contribution in [0.3, 0.4) is 0 Å². The van der Waals surface area contributed by atoms with Gasteiger partial charge in [0.25, 0.3) is 0 Å². The van der Waals surface area contributed by atoms with E-state index in [9.17, 15) is 0 Å². The van der Waals surface area contributed by atoms with Crippen molar-refractivity contribution in [3.63, 3.8) is 0 Å². The number of rotatable bonds is 4. The van der Waals surface area contributed by atoms with Crippen molar-refractivity contribution in [2.24, 2.45) is 0 Å². The lowest BCUT2D eigenvalue weighted by atomic mass is 10.2. The van der Waals surface area contributed by atoms with Crippen LogP contribution in [-0.2, 0) is 6.42 Å². The van der Waals surface area contributed by atoms with Crippen molar-refractivity contribution in [2.45, 2.75) is 13.3 Å². The van der Waals surface area contributed by atoms with Gasteiger partial charge in [-0.15, -0.1) is 11.3 Å². The highest BCUT2D eigenvalue weighted by Gasteiger charge is 2.11. The molecule has 4 nitrogen and oxygen atoms in total. The highest BCUT2D eigenvalue weighted by molar-refractivity contribution is 7.09. The molecule has 100 valence electrons. The van der Waals surface area contributed by atoms with Gasteiger partial charge in [0.2, 0.25) is 0 Å². The number of ether oxygens (including phenoxy) is 2. The molecule has 1 aliphatic heterocycles. The van der Waals surface area contributed by atoms with Gasteiger partial charge in [0, 0.05) is 29.6 Å². The first-order valence-corrected chi connectivity index (χ1v) is 7.23. The number of nitrogens with one attached hydrogen (secondary N) is 1. The highest BCUT2D eigenvalue weighted by atomic mass is 32.1. The van der Waals surface area contributed by atoms with Gasteiger partial charge in [-0.05, 0) is 19.1 Å². The number of fused-ring (bicyclic) bond motifs is 1. The second kappa shape index (κ2) is 5.48. The molecule has 1 aliphatic rings. The average molecular weight is 276 g/mol. The number of benzene rings is 1. The van der Waals surface area contributed by atoms with Gasteiger partial charge in [-0.3, -0.25) is 0 Å². The lowest BCUT2D eigenvalue weighted by Crippen LogP contribution is -2.15. The Balaban J connectivity index is 1.59. The van der Waals surface area contributed by atoms with Gasteiger partial charge in [0.15, 0.2) is 11.5 Å². The van der Waals surface area contributed by atoms with Crippen molar-refractivity contribution in [3.8, 4) is 11.5 Å². The standard InChI is InChI=1S/C14H16N2O2S/c1-10-14(19-9-16-10)4-5-15-11-2-3-12-13(8-11)18-7-6-17-12/h2-3,8-9,15H,4-7H2,1H3. The van der Waals surface area contributed by atoms with Crippen LogP contribution in [0, 0.1) is 6.92 Å². The van der Waals surface area contributed by atoms with Crippen LogP contribution >= 0.6 is 11.3 Å². The van der Waals surface area contributed by atoms with Gasteiger partial charge in [-0.2, -0.15) is 0 Å². The number of aromatic nitrogens is 1. The van der Waals surface area contributed by atoms with E-state index in [1.165, 1.54) is 4.88 Å². The van der Waals surface area contributed by atoms with E-state index in [2.05, 4.69) is 17.2 Å². The predicted octanol–water partition coefficient (Wildman–Crippen LogP) is 2.88. The van der Waals surface area contributed by atoms with Gasteiger partial charge < -0.3 is 14.8 Å². The van der Waals surface area contributed by atoms with Crippen LogP contribution in [0.4, 0.5) is 5.69 Å². The zero-order chi connectivity index (χ0) is 13.1. The first-order valence-electron chi connectivity index (χ1n) is 6.35. The highest BCUT2D eigenvalue weighted by Crippen LogP contribution is 2.32. The molecular weight excluding hydrogens is 260 g/mol. The van der Waals surface area contributed by atoms with Crippen molar-refractivity contribution in [2.75, 3.05) is 25.1 Å². The van der Waals surface area contributed by atoms with Crippen LogP contribution in [0.25, 0.3) is 0 Å². The minimum absolute atomic E-state index is 0.622. The lowest BCUT2D eigenvalue weighted by Gasteiger charge is -2.19. The first kappa shape index (κ1) is 12.3. The predicted molar refractivity (Wildman–Crippen MR) is 76.5 cm³/mol. The molecule has 0 unspecified atom stereocenters. The molecule has 0 bridgehead atoms. The van der Waals surface area contributed by atoms with E-state index >= 15 is 0 Å². The van der Waals surface area contributed by atoms with E-state index < -0.39 is 0 Å². The molecule has 2 aromatic rings. The van der Waals surface area contributed by atoms with E-state index in [0.29, 0.717) is 13.2 Å². The molecule has 0 spiro atoms. The van der Waals surface area contributed by atoms with E-state index in [4.69, 9.17) is 9.47 Å². The van der Waals surface area contributed by atoms with Crippen LogP contribution in [-0.4, -0.2) is 24.7 Å². The molecule has 1 aromatic carbocycles. The monoisotopic (exact) mass is 276 g/mol. The topological polar surface area (TPSA) is 43.4 Å². The average Bonchev–Trinajstić information content (AvgIpc) is 2.84. The summed E-state index contributed by atoms with van der Waals surface area (Å²) in [4.78, 5) is 5.59. The number of nitrogens with zero attached hydrogens (tertiary/aromatic N) is 1. The molecule has 0 saturated carbocycles. The van der Waals surface area contributed by atoms with Crippen LogP contribution in [0.15, 0.2) is 23.7 Å². The summed E-state index contributed by atoms with van der Waals surface area (Å²) in [5, 5.41) is 3.40. The second-order valence-electron chi connectivity index (χ2n) is 4.40. The fourth-order valence-corrected chi connectivity index (χ4v) is 2.82. The lowest BCUT2D eigenvalue weighted by molar-refractivity contribution is 0.171. The normalized spacial score (nSPS) is 13.3. The summed E-state index contributed by atoms with van der Waals surface area (Å²) in [5.41, 5.74) is 4.09. The SMILES string of the molecule is Cc1ncsc1CCNc1ccc2c(c1)OCCO2. The number of anilines is 1. The molecule has 5 heteroatoms. The van der Waals surface area contributed by atoms with Crippen molar-refractivity contribution < 1.29 is 9.47 Å². The third-order valence-corrected chi connectivity index (χ3v) is 4.06. The van der Waals surface area contributed by atoms with Crippen molar-refractivity contribution in [3.05, 3.63) is 34.3 Å². The van der Waals surface area contributed by atoms with Crippen molar-refractivity contribution in [1.29, 1.82) is 0 Å². The van der Waals surface area contributed by atoms with Crippen LogP contribution in [0.2, 0.25) is 0 Å². The maximum Gasteiger partial charge on any atom is 0.163 e. The Labute approximate surface area is 116 Å². The minimum Gasteiger partial charge on any atom is -0.486 e. The summed E-state index contributed by atoms with van der Waals surface area (Å²) >= 11 is 1.71. The summed E-state index contributed by atoms with van der Waals surface area (Å²) in [6.45, 7) is 4.19. The Morgan fingerprint density at radius 3 is 2.89 bits per heavy atom. The third kappa shape index (κ3) is 2.81. The van der Waals surface area contributed by atoms with Gasteiger partial charge >= 0.3 is 0 Å². The summed E-state index contributed by atoms with van der Waals surface area (Å²) in [5.74, 6) is 1.65. The fourth-order valence-electron chi connectivity index (χ4n) is 2.04. The van der Waals surface area contributed by atoms with Crippen molar-refractivity contribution >= 4 is 17.0 Å². The molecule has 0 atom stereocenters. The van der Waals surface area contributed by atoms with E-state index in [0.717, 1.165) is 35.8 Å². The first-order chi connectivity index (χ1) is 9.33. The minimum atomic E-state index is 0.622. The second-order valence-corrected chi connectivity index (χ2v) is 5.34. The quantitative estimate of drug-likeness (QED) is 0.932. The van der Waals surface area contributed by atoms with Gasteiger partial charge in [0.05, 0.1) is 11.2 Å². The van der Waals surface area contributed by atoms with Gasteiger partial charge in [-0.1, -0.05) is 0 Å². The molecule has 0 fully saturated rings. The summed E-state index contributed by atoms with van der Waals surface area (Å²) in [7, 11) is 0. The number of hydrogen-bond acceptors (Lipinski definition) is 5. The zero-order valence-corrected chi connectivity index (χ0v) is 11.6. The van der Waals surface area contributed by atoms with E-state index in [1.807, 2.05) is 23.7 Å². The summed E-state index contributed by atoms with van der Waals surface area (Å²) in [6, 6.07) is 5.97. The Morgan fingerprint density at radius 1 is 1.26 bits per heavy atom. The molecule has 0 aliphatic carbocycles. The molecular formula is C14H16N2O2S. The smallest absolute Gasteiger partial charge is 0.163 e. The molecule has 1 N–H and O–H groups in total. The van der Waals surface area contributed by atoms with Crippen molar-refractivity contribution in [1.82, 2.24) is 4.98 Å². The Bertz CT molecular complexity index is 568. The van der Waals surface area contributed by atoms with E-state index in [-0.39, 0.29) is 0 Å². The van der Waals surface area contributed by atoms with Crippen LogP contribution in [0.1, 0.15) is 10.6 Å². The van der Waals surface area contributed by atoms with Gasteiger partial charge in [0.1, 0.15) is 13.2 Å². The Kier molecular flexibility index (Phi) is 3.55. The molecule has 19 heavy (non-hydrogen) atoms. The molecule has 2 heterocycles. The molecule has 3 rings (SSSR count).